The fraction of sp³-hybridized carbons (Fsp3) is 0.0769. The molecule has 122 valence electrons. The van der Waals surface area contributed by atoms with E-state index in [2.05, 4.69) is 22.8 Å². The number of amidine groups is 1. The maximum absolute atomic E-state index is 12.5. The first-order valence-electron chi connectivity index (χ1n) is 6.06. The smallest absolute Gasteiger partial charge is 0.399 e. The van der Waals surface area contributed by atoms with Gasteiger partial charge in [0.1, 0.15) is 17.7 Å². The van der Waals surface area contributed by atoms with E-state index in [0.29, 0.717) is 11.9 Å². The molecule has 0 atom stereocenters. The van der Waals surface area contributed by atoms with E-state index in [0.717, 1.165) is 23.0 Å². The molecule has 1 heterocycles. The molecule has 0 aliphatic rings. The lowest BCUT2D eigenvalue weighted by Gasteiger charge is -2.09. The van der Waals surface area contributed by atoms with Crippen molar-refractivity contribution in [2.24, 2.45) is 10.9 Å². The van der Waals surface area contributed by atoms with Crippen LogP contribution in [0.25, 0.3) is 0 Å². The lowest BCUT2D eigenvalue weighted by molar-refractivity contribution is -0.138. The monoisotopic (exact) mass is 360 g/mol. The average Bonchev–Trinajstić information content (AvgIpc) is 2.48. The quantitative estimate of drug-likeness (QED) is 0.194. The van der Waals surface area contributed by atoms with E-state index >= 15 is 0 Å². The second kappa shape index (κ2) is 7.01. The number of pyridine rings is 1. The molecule has 0 aliphatic carbocycles. The van der Waals surface area contributed by atoms with Crippen LogP contribution in [0.15, 0.2) is 51.5 Å². The summed E-state index contributed by atoms with van der Waals surface area (Å²) in [6, 6.07) is 7.61. The number of oxime groups is 1. The molecule has 2 rings (SSSR count). The number of halogens is 3. The predicted molar refractivity (Wildman–Crippen MR) is 85.0 cm³/mol. The summed E-state index contributed by atoms with van der Waals surface area (Å²) in [7, 11) is 0. The van der Waals surface area contributed by atoms with Crippen molar-refractivity contribution < 1.29 is 17.5 Å². The van der Waals surface area contributed by atoms with Crippen LogP contribution in [0.5, 0.6) is 0 Å². The molecule has 23 heavy (non-hydrogen) atoms. The molecule has 0 bridgehead atoms. The number of nitrogens with zero attached hydrogens (tertiary/aromatic N) is 2. The maximum atomic E-state index is 12.5. The number of alkyl halides is 3. The molecule has 0 unspecified atom stereocenters. The highest BCUT2D eigenvalue weighted by Gasteiger charge is 2.31. The number of rotatable bonds is 4. The van der Waals surface area contributed by atoms with Gasteiger partial charge in [-0.1, -0.05) is 5.16 Å². The Balaban J connectivity index is 2.07. The highest BCUT2D eigenvalue weighted by Crippen LogP contribution is 2.30. The van der Waals surface area contributed by atoms with Gasteiger partial charge in [0.2, 0.25) is 0 Å². The minimum absolute atomic E-state index is 0.000704. The first kappa shape index (κ1) is 17.3. The second-order valence-corrected chi connectivity index (χ2v) is 5.56. The second-order valence-electron chi connectivity index (χ2n) is 4.29. The number of benzene rings is 1. The van der Waals surface area contributed by atoms with Crippen molar-refractivity contribution in [1.29, 1.82) is 0 Å². The van der Waals surface area contributed by atoms with Crippen LogP contribution in [0.3, 0.4) is 0 Å². The Labute approximate surface area is 139 Å². The maximum Gasteiger partial charge on any atom is 0.417 e. The van der Waals surface area contributed by atoms with Crippen molar-refractivity contribution in [1.82, 2.24) is 4.98 Å². The highest BCUT2D eigenvalue weighted by atomic mass is 32.2. The van der Waals surface area contributed by atoms with Crippen molar-refractivity contribution in [2.45, 2.75) is 16.0 Å². The molecule has 4 N–H and O–H groups in total. The first-order valence-corrected chi connectivity index (χ1v) is 7.25. The Bertz CT molecular complexity index is 720. The molecule has 2 aromatic rings. The standard InChI is InChI=1S/C13H11F3N4OS2/c14-13(15,16)7-5-10(22)11(19-6-7)12(18)20-21-23-9-3-1-8(17)2-4-9/h1-6,22H,17H2,(H2,18,20). The molecule has 0 amide bonds. The number of anilines is 1. The van der Waals surface area contributed by atoms with Gasteiger partial charge >= 0.3 is 6.18 Å². The number of aromatic nitrogens is 1. The Hall–Kier alpha value is -2.07. The summed E-state index contributed by atoms with van der Waals surface area (Å²) in [4.78, 5) is 4.29. The third-order valence-corrected chi connectivity index (χ3v) is 3.54. The van der Waals surface area contributed by atoms with Crippen LogP contribution in [0.1, 0.15) is 11.3 Å². The SMILES string of the molecule is N/C(=N\OSc1ccc(N)cc1)c1ncc(C(F)(F)F)cc1S. The molecule has 0 aliphatic heterocycles. The van der Waals surface area contributed by atoms with Crippen LogP contribution >= 0.6 is 24.7 Å². The number of thiol groups is 1. The Morgan fingerprint density at radius 2 is 1.91 bits per heavy atom. The van der Waals surface area contributed by atoms with Gasteiger partial charge in [-0.3, -0.25) is 4.98 Å². The first-order chi connectivity index (χ1) is 10.8. The summed E-state index contributed by atoms with van der Waals surface area (Å²) in [5.41, 5.74) is 10.9. The molecule has 0 saturated heterocycles. The molecular weight excluding hydrogens is 349 g/mol. The molecule has 1 aromatic carbocycles. The van der Waals surface area contributed by atoms with Crippen molar-refractivity contribution >= 4 is 36.2 Å². The molecule has 0 saturated carbocycles. The average molecular weight is 360 g/mol. The zero-order valence-corrected chi connectivity index (χ0v) is 13.1. The normalized spacial score (nSPS) is 12.3. The van der Waals surface area contributed by atoms with E-state index < -0.39 is 11.7 Å². The van der Waals surface area contributed by atoms with Crippen LogP contribution < -0.4 is 11.5 Å². The topological polar surface area (TPSA) is 86.5 Å². The Morgan fingerprint density at radius 3 is 2.48 bits per heavy atom. The number of nitrogen functional groups attached to an aromatic ring is 1. The van der Waals surface area contributed by atoms with E-state index in [1.807, 2.05) is 0 Å². The summed E-state index contributed by atoms with van der Waals surface area (Å²) in [5, 5.41) is 3.60. The van der Waals surface area contributed by atoms with Crippen LogP contribution in [0, 0.1) is 0 Å². The van der Waals surface area contributed by atoms with Crippen LogP contribution in [-0.4, -0.2) is 10.8 Å². The summed E-state index contributed by atoms with van der Waals surface area (Å²) < 4.78 is 42.6. The third kappa shape index (κ3) is 4.70. The van der Waals surface area contributed by atoms with Crippen molar-refractivity contribution in [3.63, 3.8) is 0 Å². The lowest BCUT2D eigenvalue weighted by Crippen LogP contribution is -2.17. The van der Waals surface area contributed by atoms with Gasteiger partial charge in [-0.25, -0.2) is 0 Å². The van der Waals surface area contributed by atoms with E-state index in [1.54, 1.807) is 24.3 Å². The number of nitrogens with two attached hydrogens (primary N) is 2. The summed E-state index contributed by atoms with van der Waals surface area (Å²) in [5.74, 6) is -0.188. The number of hydrogen-bond donors (Lipinski definition) is 3. The largest absolute Gasteiger partial charge is 0.417 e. The Morgan fingerprint density at radius 1 is 1.26 bits per heavy atom. The van der Waals surface area contributed by atoms with Gasteiger partial charge in [-0.05, 0) is 30.3 Å². The minimum Gasteiger partial charge on any atom is -0.399 e. The molecular formula is C13H11F3N4OS2. The van der Waals surface area contributed by atoms with Gasteiger partial charge in [0.25, 0.3) is 0 Å². The van der Waals surface area contributed by atoms with E-state index in [9.17, 15) is 13.2 Å². The van der Waals surface area contributed by atoms with Gasteiger partial charge in [-0.15, -0.1) is 12.6 Å². The van der Waals surface area contributed by atoms with E-state index in [-0.39, 0.29) is 16.4 Å². The summed E-state index contributed by atoms with van der Waals surface area (Å²) in [6.07, 6.45) is -3.85. The van der Waals surface area contributed by atoms with Crippen molar-refractivity contribution in [3.8, 4) is 0 Å². The highest BCUT2D eigenvalue weighted by molar-refractivity contribution is 7.94. The number of hydrogen-bond acceptors (Lipinski definition) is 6. The van der Waals surface area contributed by atoms with E-state index in [1.165, 1.54) is 0 Å². The van der Waals surface area contributed by atoms with Crippen LogP contribution in [-0.2, 0) is 10.5 Å². The summed E-state index contributed by atoms with van der Waals surface area (Å²) in [6.45, 7) is 0. The zero-order valence-electron chi connectivity index (χ0n) is 11.4. The van der Waals surface area contributed by atoms with Crippen molar-refractivity contribution in [2.75, 3.05) is 5.73 Å². The molecule has 0 fully saturated rings. The molecule has 5 nitrogen and oxygen atoms in total. The van der Waals surface area contributed by atoms with Gasteiger partial charge in [0.05, 0.1) is 10.5 Å². The molecule has 0 spiro atoms. The lowest BCUT2D eigenvalue weighted by atomic mass is 10.2. The molecule has 10 heteroatoms. The van der Waals surface area contributed by atoms with Crippen LogP contribution in [0.4, 0.5) is 18.9 Å². The van der Waals surface area contributed by atoms with E-state index in [4.69, 9.17) is 15.8 Å². The fourth-order valence-corrected chi connectivity index (χ4v) is 2.24. The van der Waals surface area contributed by atoms with Gasteiger partial charge < -0.3 is 15.8 Å². The van der Waals surface area contributed by atoms with Gasteiger partial charge in [-0.2, -0.15) is 13.2 Å². The zero-order chi connectivity index (χ0) is 17.0. The predicted octanol–water partition coefficient (Wildman–Crippen LogP) is 3.32. The van der Waals surface area contributed by atoms with Gasteiger partial charge in [0.15, 0.2) is 5.84 Å². The minimum atomic E-state index is -4.50. The van der Waals surface area contributed by atoms with Crippen molar-refractivity contribution in [3.05, 3.63) is 47.8 Å². The molecule has 0 radical (unpaired) electrons. The molecule has 1 aromatic heterocycles. The van der Waals surface area contributed by atoms with Crippen LogP contribution in [0.2, 0.25) is 0 Å². The fourth-order valence-electron chi connectivity index (χ4n) is 1.47. The Kier molecular flexibility index (Phi) is 5.26. The third-order valence-electron chi connectivity index (χ3n) is 2.59. The summed E-state index contributed by atoms with van der Waals surface area (Å²) >= 11 is 4.85. The van der Waals surface area contributed by atoms with Gasteiger partial charge in [0, 0.05) is 16.8 Å².